The lowest BCUT2D eigenvalue weighted by Crippen LogP contribution is -2.40. The second kappa shape index (κ2) is 5.57. The average molecular weight is 283 g/mol. The maximum absolute atomic E-state index is 12.4. The standard InChI is InChI=1S/C13H15ClN2O3/c1-9-4-5-11(16(18)19)7-12(9)13(17)15-6-2-3-10(14)8-15/h4-5,7,10H,2-3,6,8H2,1H3. The molecule has 0 bridgehead atoms. The lowest BCUT2D eigenvalue weighted by atomic mass is 10.0. The van der Waals surface area contributed by atoms with Crippen LogP contribution < -0.4 is 0 Å². The van der Waals surface area contributed by atoms with Crippen LogP contribution >= 0.6 is 11.6 Å². The predicted octanol–water partition coefficient (Wildman–Crippen LogP) is 2.75. The molecule has 1 amide bonds. The summed E-state index contributed by atoms with van der Waals surface area (Å²) in [6.45, 7) is 2.94. The molecule has 102 valence electrons. The zero-order valence-electron chi connectivity index (χ0n) is 10.6. The van der Waals surface area contributed by atoms with Gasteiger partial charge in [0.2, 0.25) is 0 Å². The number of alkyl halides is 1. The summed E-state index contributed by atoms with van der Waals surface area (Å²) in [6, 6.07) is 4.36. The number of carbonyl (C=O) groups excluding carboxylic acids is 1. The van der Waals surface area contributed by atoms with Crippen LogP contribution in [0.1, 0.15) is 28.8 Å². The van der Waals surface area contributed by atoms with Crippen LogP contribution in [0.4, 0.5) is 5.69 Å². The molecule has 0 radical (unpaired) electrons. The van der Waals surface area contributed by atoms with E-state index in [2.05, 4.69) is 0 Å². The molecule has 1 aromatic rings. The van der Waals surface area contributed by atoms with Crippen LogP contribution in [-0.4, -0.2) is 34.2 Å². The molecule has 1 heterocycles. The lowest BCUT2D eigenvalue weighted by Gasteiger charge is -2.30. The molecule has 1 aliphatic heterocycles. The Hall–Kier alpha value is -1.62. The second-order valence-corrected chi connectivity index (χ2v) is 5.36. The molecule has 0 saturated carbocycles. The van der Waals surface area contributed by atoms with E-state index in [4.69, 9.17) is 11.6 Å². The fourth-order valence-electron chi connectivity index (χ4n) is 2.23. The first-order chi connectivity index (χ1) is 8.99. The van der Waals surface area contributed by atoms with Crippen molar-refractivity contribution in [3.8, 4) is 0 Å². The number of likely N-dealkylation sites (tertiary alicyclic amines) is 1. The summed E-state index contributed by atoms with van der Waals surface area (Å²) < 4.78 is 0. The Morgan fingerprint density at radius 1 is 1.53 bits per heavy atom. The largest absolute Gasteiger partial charge is 0.337 e. The summed E-state index contributed by atoms with van der Waals surface area (Å²) in [4.78, 5) is 24.3. The maximum atomic E-state index is 12.4. The van der Waals surface area contributed by atoms with Gasteiger partial charge in [-0.1, -0.05) is 6.07 Å². The first-order valence-corrected chi connectivity index (χ1v) is 6.61. The summed E-state index contributed by atoms with van der Waals surface area (Å²) in [7, 11) is 0. The Kier molecular flexibility index (Phi) is 4.04. The van der Waals surface area contributed by atoms with Gasteiger partial charge < -0.3 is 4.90 Å². The van der Waals surface area contributed by atoms with E-state index in [9.17, 15) is 14.9 Å². The number of aryl methyl sites for hydroxylation is 1. The van der Waals surface area contributed by atoms with Gasteiger partial charge in [-0.2, -0.15) is 0 Å². The van der Waals surface area contributed by atoms with E-state index in [1.54, 1.807) is 17.9 Å². The van der Waals surface area contributed by atoms with E-state index in [0.29, 0.717) is 18.7 Å². The first-order valence-electron chi connectivity index (χ1n) is 6.17. The molecule has 1 atom stereocenters. The van der Waals surface area contributed by atoms with Gasteiger partial charge >= 0.3 is 0 Å². The van der Waals surface area contributed by atoms with Crippen LogP contribution in [0, 0.1) is 17.0 Å². The number of nitro benzene ring substituents is 1. The van der Waals surface area contributed by atoms with Gasteiger partial charge in [0.25, 0.3) is 11.6 Å². The minimum absolute atomic E-state index is 0.0308. The fraction of sp³-hybridized carbons (Fsp3) is 0.462. The third-order valence-corrected chi connectivity index (χ3v) is 3.67. The molecular formula is C13H15ClN2O3. The smallest absolute Gasteiger partial charge is 0.270 e. The zero-order chi connectivity index (χ0) is 14.0. The number of halogens is 1. The SMILES string of the molecule is Cc1ccc([N+](=O)[O-])cc1C(=O)N1CCCC(Cl)C1. The third kappa shape index (κ3) is 3.04. The molecular weight excluding hydrogens is 268 g/mol. The lowest BCUT2D eigenvalue weighted by molar-refractivity contribution is -0.384. The zero-order valence-corrected chi connectivity index (χ0v) is 11.4. The molecule has 19 heavy (non-hydrogen) atoms. The van der Waals surface area contributed by atoms with Gasteiger partial charge in [-0.3, -0.25) is 14.9 Å². The highest BCUT2D eigenvalue weighted by Gasteiger charge is 2.25. The van der Waals surface area contributed by atoms with Gasteiger partial charge in [0.15, 0.2) is 0 Å². The van der Waals surface area contributed by atoms with Crippen molar-refractivity contribution in [2.24, 2.45) is 0 Å². The Morgan fingerprint density at radius 2 is 2.26 bits per heavy atom. The van der Waals surface area contributed by atoms with E-state index in [-0.39, 0.29) is 17.0 Å². The van der Waals surface area contributed by atoms with Crippen molar-refractivity contribution in [2.75, 3.05) is 13.1 Å². The number of non-ortho nitro benzene ring substituents is 1. The molecule has 2 rings (SSSR count). The van der Waals surface area contributed by atoms with E-state index in [1.165, 1.54) is 12.1 Å². The monoisotopic (exact) mass is 282 g/mol. The van der Waals surface area contributed by atoms with E-state index >= 15 is 0 Å². The molecule has 1 fully saturated rings. The van der Waals surface area contributed by atoms with Gasteiger partial charge in [-0.15, -0.1) is 11.6 Å². The first kappa shape index (κ1) is 13.8. The van der Waals surface area contributed by atoms with Crippen molar-refractivity contribution in [1.82, 2.24) is 4.90 Å². The van der Waals surface area contributed by atoms with Gasteiger partial charge in [0.05, 0.1) is 10.3 Å². The minimum atomic E-state index is -0.489. The number of carbonyl (C=O) groups is 1. The molecule has 6 heteroatoms. The van der Waals surface area contributed by atoms with Crippen LogP contribution in [0.2, 0.25) is 0 Å². The number of nitro groups is 1. The van der Waals surface area contributed by atoms with Crippen molar-refractivity contribution in [3.05, 3.63) is 39.4 Å². The van der Waals surface area contributed by atoms with E-state index in [1.807, 2.05) is 0 Å². The molecule has 0 aromatic heterocycles. The normalized spacial score (nSPS) is 19.3. The van der Waals surface area contributed by atoms with Gasteiger partial charge in [-0.05, 0) is 25.3 Å². The summed E-state index contributed by atoms with van der Waals surface area (Å²) in [5.74, 6) is -0.174. The van der Waals surface area contributed by atoms with Crippen LogP contribution in [0.15, 0.2) is 18.2 Å². The Labute approximate surface area is 116 Å². The number of hydrogen-bond donors (Lipinski definition) is 0. The quantitative estimate of drug-likeness (QED) is 0.476. The highest BCUT2D eigenvalue weighted by atomic mass is 35.5. The summed E-state index contributed by atoms with van der Waals surface area (Å²) in [5.41, 5.74) is 1.07. The molecule has 1 saturated heterocycles. The highest BCUT2D eigenvalue weighted by molar-refractivity contribution is 6.21. The molecule has 5 nitrogen and oxygen atoms in total. The minimum Gasteiger partial charge on any atom is -0.337 e. The number of piperidine rings is 1. The molecule has 1 unspecified atom stereocenters. The number of benzene rings is 1. The number of rotatable bonds is 2. The molecule has 0 aliphatic carbocycles. The number of hydrogen-bond acceptors (Lipinski definition) is 3. The van der Waals surface area contributed by atoms with Crippen molar-refractivity contribution in [1.29, 1.82) is 0 Å². The molecule has 0 N–H and O–H groups in total. The Morgan fingerprint density at radius 3 is 2.89 bits per heavy atom. The van der Waals surface area contributed by atoms with Crippen molar-refractivity contribution >= 4 is 23.2 Å². The fourth-order valence-corrected chi connectivity index (χ4v) is 2.56. The summed E-state index contributed by atoms with van der Waals surface area (Å²) in [5, 5.41) is 10.7. The van der Waals surface area contributed by atoms with E-state index in [0.717, 1.165) is 18.4 Å². The molecule has 1 aromatic carbocycles. The summed E-state index contributed by atoms with van der Waals surface area (Å²) >= 11 is 6.06. The average Bonchev–Trinajstić information content (AvgIpc) is 2.38. The third-order valence-electron chi connectivity index (χ3n) is 3.31. The maximum Gasteiger partial charge on any atom is 0.270 e. The van der Waals surface area contributed by atoms with Crippen molar-refractivity contribution in [3.63, 3.8) is 0 Å². The number of amides is 1. The van der Waals surface area contributed by atoms with Gasteiger partial charge in [-0.25, -0.2) is 0 Å². The Bertz CT molecular complexity index is 519. The summed E-state index contributed by atoms with van der Waals surface area (Å²) in [6.07, 6.45) is 1.77. The van der Waals surface area contributed by atoms with Gasteiger partial charge in [0.1, 0.15) is 0 Å². The number of nitrogens with zero attached hydrogens (tertiary/aromatic N) is 2. The second-order valence-electron chi connectivity index (χ2n) is 4.75. The van der Waals surface area contributed by atoms with Crippen molar-refractivity contribution < 1.29 is 9.72 Å². The van der Waals surface area contributed by atoms with Crippen LogP contribution in [0.5, 0.6) is 0 Å². The van der Waals surface area contributed by atoms with Crippen LogP contribution in [0.3, 0.4) is 0 Å². The predicted molar refractivity (Wildman–Crippen MR) is 72.6 cm³/mol. The highest BCUT2D eigenvalue weighted by Crippen LogP contribution is 2.22. The van der Waals surface area contributed by atoms with Crippen molar-refractivity contribution in [2.45, 2.75) is 25.1 Å². The topological polar surface area (TPSA) is 63.5 Å². The van der Waals surface area contributed by atoms with E-state index < -0.39 is 4.92 Å². The van der Waals surface area contributed by atoms with Crippen LogP contribution in [0.25, 0.3) is 0 Å². The van der Waals surface area contributed by atoms with Crippen LogP contribution in [-0.2, 0) is 0 Å². The molecule has 1 aliphatic rings. The molecule has 0 spiro atoms. The van der Waals surface area contributed by atoms with Gasteiger partial charge in [0, 0.05) is 30.8 Å². The Balaban J connectivity index is 2.27.